The van der Waals surface area contributed by atoms with E-state index in [0.29, 0.717) is 6.54 Å². The first-order valence-electron chi connectivity index (χ1n) is 6.93. The van der Waals surface area contributed by atoms with Crippen LogP contribution in [-0.2, 0) is 4.79 Å². The summed E-state index contributed by atoms with van der Waals surface area (Å²) in [7, 11) is 1.85. The molecule has 0 bridgehead atoms. The molecule has 0 unspecified atom stereocenters. The Morgan fingerprint density at radius 1 is 1.37 bits per heavy atom. The number of hydrogen-bond acceptors (Lipinski definition) is 3. The van der Waals surface area contributed by atoms with Gasteiger partial charge >= 0.3 is 0 Å². The monoisotopic (exact) mass is 261 g/mol. The fraction of sp³-hybridized carbons (Fsp3) is 0.533. The number of benzene rings is 1. The zero-order valence-electron chi connectivity index (χ0n) is 11.9. The van der Waals surface area contributed by atoms with Crippen LogP contribution in [0.4, 0.5) is 5.69 Å². The van der Waals surface area contributed by atoms with Crippen LogP contribution in [0.3, 0.4) is 0 Å². The molecule has 0 spiro atoms. The number of nitrogens with zero attached hydrogens (tertiary/aromatic N) is 2. The maximum Gasteiger partial charge on any atom is 0.240 e. The highest BCUT2D eigenvalue weighted by Gasteiger charge is 2.16. The smallest absolute Gasteiger partial charge is 0.240 e. The third-order valence-electron chi connectivity index (χ3n) is 3.55. The predicted molar refractivity (Wildman–Crippen MR) is 78.5 cm³/mol. The van der Waals surface area contributed by atoms with Crippen molar-refractivity contribution in [3.63, 3.8) is 0 Å². The molecule has 2 rings (SSSR count). The van der Waals surface area contributed by atoms with Crippen molar-refractivity contribution in [1.29, 1.82) is 0 Å². The molecule has 1 aliphatic heterocycles. The van der Waals surface area contributed by atoms with Gasteiger partial charge in [0, 0.05) is 25.8 Å². The molecular formula is C15H23N3O. The fourth-order valence-corrected chi connectivity index (χ4v) is 2.34. The minimum Gasteiger partial charge on any atom is -0.315 e. The van der Waals surface area contributed by atoms with Crippen LogP contribution in [0.25, 0.3) is 0 Å². The summed E-state index contributed by atoms with van der Waals surface area (Å²) in [4.78, 5) is 16.3. The number of rotatable bonds is 3. The third kappa shape index (κ3) is 4.04. The molecule has 0 aromatic heterocycles. The lowest BCUT2D eigenvalue weighted by molar-refractivity contribution is -0.119. The van der Waals surface area contributed by atoms with Crippen LogP contribution in [0.2, 0.25) is 0 Å². The fourth-order valence-electron chi connectivity index (χ4n) is 2.34. The Labute approximate surface area is 115 Å². The van der Waals surface area contributed by atoms with E-state index in [0.717, 1.165) is 38.3 Å². The van der Waals surface area contributed by atoms with Gasteiger partial charge in [-0.05, 0) is 44.1 Å². The summed E-state index contributed by atoms with van der Waals surface area (Å²) in [6, 6.07) is 8.06. The van der Waals surface area contributed by atoms with Gasteiger partial charge in [-0.1, -0.05) is 12.1 Å². The number of hydrogen-bond donors (Lipinski definition) is 1. The molecule has 1 fully saturated rings. The van der Waals surface area contributed by atoms with Crippen LogP contribution >= 0.6 is 0 Å². The summed E-state index contributed by atoms with van der Waals surface area (Å²) in [6.45, 7) is 6.53. The number of aryl methyl sites for hydroxylation is 1. The van der Waals surface area contributed by atoms with Crippen molar-refractivity contribution in [2.24, 2.45) is 0 Å². The van der Waals surface area contributed by atoms with Gasteiger partial charge in [0.25, 0.3) is 0 Å². The van der Waals surface area contributed by atoms with Crippen molar-refractivity contribution < 1.29 is 4.79 Å². The third-order valence-corrected chi connectivity index (χ3v) is 3.55. The Morgan fingerprint density at radius 2 is 2.21 bits per heavy atom. The molecule has 4 nitrogen and oxygen atoms in total. The van der Waals surface area contributed by atoms with E-state index in [-0.39, 0.29) is 5.91 Å². The maximum absolute atomic E-state index is 12.3. The predicted octanol–water partition coefficient (Wildman–Crippen LogP) is 1.25. The van der Waals surface area contributed by atoms with E-state index in [2.05, 4.69) is 10.2 Å². The highest BCUT2D eigenvalue weighted by atomic mass is 16.2. The van der Waals surface area contributed by atoms with Gasteiger partial charge in [0.2, 0.25) is 5.91 Å². The van der Waals surface area contributed by atoms with E-state index < -0.39 is 0 Å². The summed E-state index contributed by atoms with van der Waals surface area (Å²) in [5.74, 6) is 0.160. The number of carbonyl (C=O) groups excluding carboxylic acids is 1. The van der Waals surface area contributed by atoms with Crippen molar-refractivity contribution in [2.45, 2.75) is 13.3 Å². The van der Waals surface area contributed by atoms with Crippen LogP contribution in [-0.4, -0.2) is 50.6 Å². The molecular weight excluding hydrogens is 238 g/mol. The molecule has 0 atom stereocenters. The normalized spacial score (nSPS) is 16.9. The van der Waals surface area contributed by atoms with Crippen LogP contribution in [0.5, 0.6) is 0 Å². The number of nitrogens with one attached hydrogen (secondary N) is 1. The van der Waals surface area contributed by atoms with Crippen molar-refractivity contribution in [2.75, 3.05) is 44.7 Å². The highest BCUT2D eigenvalue weighted by molar-refractivity contribution is 5.94. The average Bonchev–Trinajstić information content (AvgIpc) is 2.66. The van der Waals surface area contributed by atoms with Gasteiger partial charge in [0.1, 0.15) is 0 Å². The van der Waals surface area contributed by atoms with E-state index in [9.17, 15) is 4.79 Å². The Morgan fingerprint density at radius 3 is 3.00 bits per heavy atom. The number of anilines is 1. The SMILES string of the molecule is Cc1cccc(N(C)C(=O)CN2CCCNCC2)c1. The zero-order valence-corrected chi connectivity index (χ0v) is 11.9. The second kappa shape index (κ2) is 6.68. The summed E-state index contributed by atoms with van der Waals surface area (Å²) in [5, 5.41) is 3.35. The molecule has 1 amide bonds. The topological polar surface area (TPSA) is 35.6 Å². The lowest BCUT2D eigenvalue weighted by atomic mass is 10.2. The molecule has 4 heteroatoms. The van der Waals surface area contributed by atoms with Crippen molar-refractivity contribution in [3.05, 3.63) is 29.8 Å². The lowest BCUT2D eigenvalue weighted by Gasteiger charge is -2.23. The van der Waals surface area contributed by atoms with E-state index in [1.165, 1.54) is 5.56 Å². The van der Waals surface area contributed by atoms with E-state index in [1.807, 2.05) is 38.2 Å². The Kier molecular flexibility index (Phi) is 4.93. The largest absolute Gasteiger partial charge is 0.315 e. The van der Waals surface area contributed by atoms with Gasteiger partial charge in [-0.2, -0.15) is 0 Å². The molecule has 1 N–H and O–H groups in total. The first-order chi connectivity index (χ1) is 9.16. The minimum atomic E-state index is 0.160. The summed E-state index contributed by atoms with van der Waals surface area (Å²) >= 11 is 0. The summed E-state index contributed by atoms with van der Waals surface area (Å²) in [5.41, 5.74) is 2.15. The van der Waals surface area contributed by atoms with E-state index in [1.54, 1.807) is 4.90 Å². The molecule has 1 aliphatic rings. The van der Waals surface area contributed by atoms with Gasteiger partial charge < -0.3 is 10.2 Å². The van der Waals surface area contributed by atoms with E-state index >= 15 is 0 Å². The van der Waals surface area contributed by atoms with Crippen molar-refractivity contribution >= 4 is 11.6 Å². The molecule has 1 aromatic carbocycles. The van der Waals surface area contributed by atoms with Crippen LogP contribution < -0.4 is 10.2 Å². The van der Waals surface area contributed by atoms with Crippen LogP contribution in [0.1, 0.15) is 12.0 Å². The molecule has 0 saturated carbocycles. The van der Waals surface area contributed by atoms with Gasteiger partial charge in [-0.25, -0.2) is 0 Å². The molecule has 104 valence electrons. The van der Waals surface area contributed by atoms with Crippen molar-refractivity contribution in [1.82, 2.24) is 10.2 Å². The Bertz CT molecular complexity index is 425. The average molecular weight is 261 g/mol. The summed E-state index contributed by atoms with van der Waals surface area (Å²) < 4.78 is 0. The van der Waals surface area contributed by atoms with Gasteiger partial charge in [-0.3, -0.25) is 9.69 Å². The first-order valence-corrected chi connectivity index (χ1v) is 6.93. The molecule has 0 aliphatic carbocycles. The number of amides is 1. The molecule has 1 aromatic rings. The number of likely N-dealkylation sites (N-methyl/N-ethyl adjacent to an activating group) is 1. The molecule has 1 heterocycles. The zero-order chi connectivity index (χ0) is 13.7. The molecule has 19 heavy (non-hydrogen) atoms. The van der Waals surface area contributed by atoms with Gasteiger partial charge in [-0.15, -0.1) is 0 Å². The van der Waals surface area contributed by atoms with Gasteiger partial charge in [0.05, 0.1) is 6.54 Å². The Balaban J connectivity index is 1.95. The molecule has 1 saturated heterocycles. The maximum atomic E-state index is 12.3. The quantitative estimate of drug-likeness (QED) is 0.889. The second-order valence-electron chi connectivity index (χ2n) is 5.17. The van der Waals surface area contributed by atoms with E-state index in [4.69, 9.17) is 0 Å². The standard InChI is InChI=1S/C15H23N3O/c1-13-5-3-6-14(11-13)17(2)15(19)12-18-9-4-7-16-8-10-18/h3,5-6,11,16H,4,7-10,12H2,1-2H3. The first kappa shape index (κ1) is 14.0. The number of carbonyl (C=O) groups is 1. The summed E-state index contributed by atoms with van der Waals surface area (Å²) in [6.07, 6.45) is 1.11. The Hall–Kier alpha value is -1.39. The highest BCUT2D eigenvalue weighted by Crippen LogP contribution is 2.14. The van der Waals surface area contributed by atoms with Crippen molar-refractivity contribution in [3.8, 4) is 0 Å². The van der Waals surface area contributed by atoms with Gasteiger partial charge in [0.15, 0.2) is 0 Å². The molecule has 0 radical (unpaired) electrons. The lowest BCUT2D eigenvalue weighted by Crippen LogP contribution is -2.40. The van der Waals surface area contributed by atoms with Crippen LogP contribution in [0, 0.1) is 6.92 Å². The van der Waals surface area contributed by atoms with Crippen LogP contribution in [0.15, 0.2) is 24.3 Å². The second-order valence-corrected chi connectivity index (χ2v) is 5.17. The minimum absolute atomic E-state index is 0.160.